The van der Waals surface area contributed by atoms with Crippen LogP contribution in [0.4, 0.5) is 4.39 Å². The molecule has 0 spiro atoms. The van der Waals surface area contributed by atoms with E-state index in [9.17, 15) is 9.18 Å². The maximum atomic E-state index is 14.3. The Morgan fingerprint density at radius 3 is 2.60 bits per heavy atom. The molecule has 1 saturated heterocycles. The van der Waals surface area contributed by atoms with Crippen molar-refractivity contribution in [3.8, 4) is 22.8 Å². The molecule has 3 aromatic heterocycles. The predicted molar refractivity (Wildman–Crippen MR) is 164 cm³/mol. The number of hydrogen-bond donors (Lipinski definition) is 1. The number of likely N-dealkylation sites (tertiary alicyclic amines) is 1. The zero-order chi connectivity index (χ0) is 30.3. The van der Waals surface area contributed by atoms with E-state index < -0.39 is 5.67 Å². The molecule has 6 rings (SSSR count). The van der Waals surface area contributed by atoms with Gasteiger partial charge in [0.2, 0.25) is 5.88 Å². The number of carbonyl (C=O) groups is 1. The molecule has 1 aliphatic carbocycles. The summed E-state index contributed by atoms with van der Waals surface area (Å²) in [6.45, 7) is 10.7. The Bertz CT molecular complexity index is 1610. The van der Waals surface area contributed by atoms with Gasteiger partial charge >= 0.3 is 0 Å². The van der Waals surface area contributed by atoms with Crippen LogP contribution >= 0.6 is 0 Å². The largest absolute Gasteiger partial charge is 0.436 e. The maximum Gasteiger partial charge on any atom is 0.251 e. The lowest BCUT2D eigenvalue weighted by atomic mass is 9.89. The topological polar surface area (TPSA) is 89.6 Å². The van der Waals surface area contributed by atoms with Crippen LogP contribution < -0.4 is 10.1 Å². The molecule has 4 aromatic rings. The third-order valence-electron chi connectivity index (χ3n) is 9.19. The number of piperidine rings is 1. The molecule has 0 bridgehead atoms. The Hall–Kier alpha value is -3.79. The van der Waals surface area contributed by atoms with Gasteiger partial charge in [0, 0.05) is 49.3 Å². The van der Waals surface area contributed by atoms with Crippen LogP contribution in [0.2, 0.25) is 0 Å². The van der Waals surface area contributed by atoms with Crippen LogP contribution in [0.15, 0.2) is 42.9 Å². The summed E-state index contributed by atoms with van der Waals surface area (Å²) in [4.78, 5) is 20.0. The Balaban J connectivity index is 1.29. The molecule has 228 valence electrons. The van der Waals surface area contributed by atoms with E-state index in [2.05, 4.69) is 29.2 Å². The molecule has 9 nitrogen and oxygen atoms in total. The number of ether oxygens (including phenoxy) is 1. The van der Waals surface area contributed by atoms with E-state index in [0.29, 0.717) is 47.6 Å². The average molecular weight is 588 g/mol. The highest BCUT2D eigenvalue weighted by Gasteiger charge is 2.30. The van der Waals surface area contributed by atoms with E-state index >= 15 is 0 Å². The summed E-state index contributed by atoms with van der Waals surface area (Å²) in [5.41, 5.74) is 4.08. The Kier molecular flexibility index (Phi) is 7.98. The second-order valence-corrected chi connectivity index (χ2v) is 12.9. The van der Waals surface area contributed by atoms with Crippen LogP contribution in [0.5, 0.6) is 11.6 Å². The van der Waals surface area contributed by atoms with Crippen molar-refractivity contribution in [2.24, 2.45) is 13.0 Å². The van der Waals surface area contributed by atoms with Gasteiger partial charge in [0.15, 0.2) is 11.4 Å². The van der Waals surface area contributed by atoms with Gasteiger partial charge in [0.05, 0.1) is 24.3 Å². The Morgan fingerprint density at radius 1 is 1.16 bits per heavy atom. The van der Waals surface area contributed by atoms with Gasteiger partial charge in [0.25, 0.3) is 5.91 Å². The quantitative estimate of drug-likeness (QED) is 0.242. The molecule has 10 heteroatoms. The van der Waals surface area contributed by atoms with Crippen molar-refractivity contribution in [2.75, 3.05) is 19.6 Å². The number of hydrogen-bond acceptors (Lipinski definition) is 6. The van der Waals surface area contributed by atoms with Crippen molar-refractivity contribution >= 4 is 11.6 Å². The summed E-state index contributed by atoms with van der Waals surface area (Å²) < 4.78 is 24.1. The smallest absolute Gasteiger partial charge is 0.251 e. The molecular weight excluding hydrogens is 545 g/mol. The van der Waals surface area contributed by atoms with Gasteiger partial charge in [-0.05, 0) is 75.6 Å². The minimum Gasteiger partial charge on any atom is -0.436 e. The molecule has 0 radical (unpaired) electrons. The number of nitrogens with zero attached hydrogens (tertiary/aromatic N) is 6. The fourth-order valence-electron chi connectivity index (χ4n) is 5.86. The van der Waals surface area contributed by atoms with Crippen LogP contribution in [0.1, 0.15) is 80.4 Å². The Labute approximate surface area is 252 Å². The van der Waals surface area contributed by atoms with Crippen molar-refractivity contribution in [3.05, 3.63) is 59.7 Å². The third kappa shape index (κ3) is 6.59. The minimum atomic E-state index is -1.04. The lowest BCUT2D eigenvalue weighted by Crippen LogP contribution is -2.40. The molecular formula is C33H42FN7O2. The Morgan fingerprint density at radius 2 is 1.93 bits per heavy atom. The zero-order valence-electron chi connectivity index (χ0n) is 25.8. The molecule has 43 heavy (non-hydrogen) atoms. The van der Waals surface area contributed by atoms with Gasteiger partial charge in [0.1, 0.15) is 5.67 Å². The van der Waals surface area contributed by atoms with Gasteiger partial charge in [-0.25, -0.2) is 8.91 Å². The molecule has 2 aliphatic rings. The van der Waals surface area contributed by atoms with Crippen LogP contribution in [0.3, 0.4) is 0 Å². The van der Waals surface area contributed by atoms with Crippen molar-refractivity contribution < 1.29 is 13.9 Å². The third-order valence-corrected chi connectivity index (χ3v) is 9.19. The van der Waals surface area contributed by atoms with E-state index in [4.69, 9.17) is 14.8 Å². The molecule has 4 heterocycles. The first kappa shape index (κ1) is 29.3. The van der Waals surface area contributed by atoms with Crippen LogP contribution in [-0.2, 0) is 7.05 Å². The highest BCUT2D eigenvalue weighted by atomic mass is 19.1. The normalized spacial score (nSPS) is 18.5. The standard InChI is InChI=1S/C33H42FN7O2/c1-21(10-13-40-14-11-33(4,34)12-15-40)23(3)29-17-30(43-26-18-35-39(5)20-26)38-31-28(19-36-41(29)31)24-6-9-27(22(2)16-24)32(42)37-25-7-8-25/h6,9,16-21,23,25H,7-8,10-15H2,1-5H3,(H,37,42). The summed E-state index contributed by atoms with van der Waals surface area (Å²) in [7, 11) is 1.85. The first-order valence-electron chi connectivity index (χ1n) is 15.4. The summed E-state index contributed by atoms with van der Waals surface area (Å²) in [6, 6.07) is 8.17. The van der Waals surface area contributed by atoms with Gasteiger partial charge < -0.3 is 15.0 Å². The molecule has 1 aliphatic heterocycles. The number of carbonyl (C=O) groups excluding carboxylic acids is 1. The summed E-state index contributed by atoms with van der Waals surface area (Å²) in [5, 5.41) is 12.1. The second-order valence-electron chi connectivity index (χ2n) is 12.9. The minimum absolute atomic E-state index is 0.0231. The van der Waals surface area contributed by atoms with E-state index in [1.54, 1.807) is 17.8 Å². The van der Waals surface area contributed by atoms with E-state index in [-0.39, 0.29) is 11.8 Å². The van der Waals surface area contributed by atoms with E-state index in [1.807, 2.05) is 55.1 Å². The first-order chi connectivity index (χ1) is 20.6. The van der Waals surface area contributed by atoms with E-state index in [0.717, 1.165) is 61.3 Å². The van der Waals surface area contributed by atoms with E-state index in [1.165, 1.54) is 0 Å². The molecule has 2 unspecified atom stereocenters. The number of benzene rings is 1. The number of rotatable bonds is 10. The highest BCUT2D eigenvalue weighted by Crippen LogP contribution is 2.35. The number of aryl methyl sites for hydroxylation is 2. The van der Waals surface area contributed by atoms with Gasteiger partial charge in [-0.15, -0.1) is 0 Å². The average Bonchev–Trinajstić information content (AvgIpc) is 3.53. The SMILES string of the molecule is Cc1cc(-c2cnn3c(C(C)C(C)CCN4CCC(C)(F)CC4)cc(Oc4cnn(C)c4)nc23)ccc1C(=O)NC1CC1. The van der Waals surface area contributed by atoms with Crippen LogP contribution in [0, 0.1) is 12.8 Å². The second kappa shape index (κ2) is 11.7. The van der Waals surface area contributed by atoms with Crippen molar-refractivity contribution in [1.29, 1.82) is 0 Å². The van der Waals surface area contributed by atoms with Crippen LogP contribution in [0.25, 0.3) is 16.8 Å². The van der Waals surface area contributed by atoms with Crippen molar-refractivity contribution in [2.45, 2.75) is 77.4 Å². The van der Waals surface area contributed by atoms with Crippen molar-refractivity contribution in [1.82, 2.24) is 34.6 Å². The number of halogens is 1. The fraction of sp³-hybridized carbons (Fsp3) is 0.515. The molecule has 1 saturated carbocycles. The fourth-order valence-corrected chi connectivity index (χ4v) is 5.86. The van der Waals surface area contributed by atoms with Crippen molar-refractivity contribution in [3.63, 3.8) is 0 Å². The summed E-state index contributed by atoms with van der Waals surface area (Å²) in [5.74, 6) is 1.56. The molecule has 1 amide bonds. The van der Waals surface area contributed by atoms with Gasteiger partial charge in [-0.2, -0.15) is 15.2 Å². The summed E-state index contributed by atoms with van der Waals surface area (Å²) >= 11 is 0. The lowest BCUT2D eigenvalue weighted by Gasteiger charge is -2.35. The number of fused-ring (bicyclic) bond motifs is 1. The lowest BCUT2D eigenvalue weighted by molar-refractivity contribution is 0.0710. The zero-order valence-corrected chi connectivity index (χ0v) is 25.8. The number of alkyl halides is 1. The highest BCUT2D eigenvalue weighted by molar-refractivity contribution is 5.97. The van der Waals surface area contributed by atoms with Crippen LogP contribution in [-0.4, -0.2) is 66.5 Å². The monoisotopic (exact) mass is 587 g/mol. The summed E-state index contributed by atoms with van der Waals surface area (Å²) in [6.07, 6.45) is 9.61. The van der Waals surface area contributed by atoms with Gasteiger partial charge in [-0.3, -0.25) is 9.48 Å². The molecule has 2 atom stereocenters. The maximum absolute atomic E-state index is 14.3. The molecule has 1 N–H and O–H groups in total. The number of nitrogens with one attached hydrogen (secondary N) is 1. The number of amides is 1. The predicted octanol–water partition coefficient (Wildman–Crippen LogP) is 6.08. The molecule has 1 aromatic carbocycles. The number of aromatic nitrogens is 5. The van der Waals surface area contributed by atoms with Gasteiger partial charge in [-0.1, -0.05) is 26.0 Å². The first-order valence-corrected chi connectivity index (χ1v) is 15.4. The molecule has 2 fully saturated rings.